The molecule has 192 valence electrons. The second kappa shape index (κ2) is 9.51. The summed E-state index contributed by atoms with van der Waals surface area (Å²) in [6.07, 6.45) is -0.434. The fourth-order valence-corrected chi connectivity index (χ4v) is 4.36. The number of carbonyl (C=O) groups is 1. The highest BCUT2D eigenvalue weighted by Gasteiger charge is 2.25. The molecule has 0 saturated heterocycles. The molecule has 5 rings (SSSR count). The zero-order chi connectivity index (χ0) is 27.0. The van der Waals surface area contributed by atoms with E-state index in [1.807, 2.05) is 0 Å². The van der Waals surface area contributed by atoms with E-state index in [0.717, 1.165) is 6.08 Å². The Morgan fingerprint density at radius 3 is 2.61 bits per heavy atom. The predicted molar refractivity (Wildman–Crippen MR) is 138 cm³/mol. The average molecular weight is 518 g/mol. The van der Waals surface area contributed by atoms with Crippen molar-refractivity contribution in [3.63, 3.8) is 0 Å². The first-order valence-electron chi connectivity index (χ1n) is 11.5. The largest absolute Gasteiger partial charge is 0.409 e. The van der Waals surface area contributed by atoms with Crippen molar-refractivity contribution in [3.05, 3.63) is 106 Å². The number of nitrogens with two attached hydrogens (primary N) is 1. The minimum absolute atomic E-state index is 0.00606. The number of rotatable bonds is 5. The van der Waals surface area contributed by atoms with Gasteiger partial charge in [-0.15, -0.1) is 5.10 Å². The molecule has 1 atom stereocenters. The Labute approximate surface area is 213 Å². The van der Waals surface area contributed by atoms with Gasteiger partial charge in [0.1, 0.15) is 5.56 Å². The average Bonchev–Trinajstić information content (AvgIpc) is 3.23. The Balaban J connectivity index is 1.65. The van der Waals surface area contributed by atoms with Crippen LogP contribution in [0.4, 0.5) is 19.0 Å². The topological polar surface area (TPSA) is 107 Å². The second-order valence-electron chi connectivity index (χ2n) is 8.57. The Kier molecular flexibility index (Phi) is 6.19. The molecule has 0 bridgehead atoms. The van der Waals surface area contributed by atoms with Crippen LogP contribution in [0.5, 0.6) is 0 Å². The van der Waals surface area contributed by atoms with Crippen molar-refractivity contribution in [2.45, 2.75) is 19.1 Å². The molecule has 3 N–H and O–H groups in total. The van der Waals surface area contributed by atoms with E-state index in [1.165, 1.54) is 21.3 Å². The SMILES string of the molecule is CC(NC(=O)c1c(N)nn2cccnc12)c1cc2cccc(/C=C/C(F)(F)F)c2c(=O)n1-c1ccccc1. The van der Waals surface area contributed by atoms with Gasteiger partial charge >= 0.3 is 6.18 Å². The number of anilines is 1. The molecule has 11 heteroatoms. The molecule has 0 fully saturated rings. The van der Waals surface area contributed by atoms with E-state index in [2.05, 4.69) is 15.4 Å². The number of fused-ring (bicyclic) bond motifs is 2. The molecule has 1 unspecified atom stereocenters. The molecular formula is C27H21F3N6O2. The van der Waals surface area contributed by atoms with Crippen molar-refractivity contribution >= 4 is 34.2 Å². The summed E-state index contributed by atoms with van der Waals surface area (Å²) in [5.74, 6) is -0.550. The highest BCUT2D eigenvalue weighted by atomic mass is 19.4. The highest BCUT2D eigenvalue weighted by Crippen LogP contribution is 2.26. The van der Waals surface area contributed by atoms with Gasteiger partial charge in [0.05, 0.1) is 11.4 Å². The van der Waals surface area contributed by atoms with Gasteiger partial charge in [0, 0.05) is 29.9 Å². The van der Waals surface area contributed by atoms with Gasteiger partial charge in [0.15, 0.2) is 11.5 Å². The van der Waals surface area contributed by atoms with Crippen LogP contribution in [0.15, 0.2) is 83.9 Å². The van der Waals surface area contributed by atoms with Gasteiger partial charge in [-0.25, -0.2) is 9.50 Å². The van der Waals surface area contributed by atoms with E-state index in [9.17, 15) is 22.8 Å². The molecule has 8 nitrogen and oxygen atoms in total. The Morgan fingerprint density at radius 2 is 1.87 bits per heavy atom. The lowest BCUT2D eigenvalue weighted by molar-refractivity contribution is -0.0790. The second-order valence-corrected chi connectivity index (χ2v) is 8.57. The molecule has 0 aliphatic heterocycles. The molecule has 0 saturated carbocycles. The van der Waals surface area contributed by atoms with Crippen molar-refractivity contribution in [2.75, 3.05) is 5.73 Å². The smallest absolute Gasteiger partial charge is 0.381 e. The number of pyridine rings is 1. The molecular weight excluding hydrogens is 497 g/mol. The molecule has 0 radical (unpaired) electrons. The van der Waals surface area contributed by atoms with Crippen LogP contribution in [0.3, 0.4) is 0 Å². The van der Waals surface area contributed by atoms with Crippen LogP contribution in [-0.4, -0.2) is 31.2 Å². The molecule has 0 spiro atoms. The number of benzene rings is 2. The van der Waals surface area contributed by atoms with Crippen LogP contribution < -0.4 is 16.6 Å². The number of carbonyl (C=O) groups excluding carboxylic acids is 1. The van der Waals surface area contributed by atoms with Gasteiger partial charge in [-0.2, -0.15) is 13.2 Å². The molecule has 2 aromatic carbocycles. The van der Waals surface area contributed by atoms with Gasteiger partial charge in [0.25, 0.3) is 11.5 Å². The van der Waals surface area contributed by atoms with Crippen LogP contribution >= 0.6 is 0 Å². The number of amides is 1. The number of nitrogens with zero attached hydrogens (tertiary/aromatic N) is 4. The summed E-state index contributed by atoms with van der Waals surface area (Å²) in [5.41, 5.74) is 6.86. The minimum Gasteiger partial charge on any atom is -0.381 e. The van der Waals surface area contributed by atoms with Crippen LogP contribution in [0.2, 0.25) is 0 Å². The van der Waals surface area contributed by atoms with Crippen molar-refractivity contribution < 1.29 is 18.0 Å². The summed E-state index contributed by atoms with van der Waals surface area (Å²) < 4.78 is 41.4. The Morgan fingerprint density at radius 1 is 1.11 bits per heavy atom. The Hall–Kier alpha value is -4.93. The molecule has 1 amide bonds. The summed E-state index contributed by atoms with van der Waals surface area (Å²) in [6.45, 7) is 1.70. The third-order valence-electron chi connectivity index (χ3n) is 6.01. The fourth-order valence-electron chi connectivity index (χ4n) is 4.36. The fraction of sp³-hybridized carbons (Fsp3) is 0.111. The lowest BCUT2D eigenvalue weighted by Gasteiger charge is -2.21. The van der Waals surface area contributed by atoms with E-state index in [1.54, 1.807) is 67.7 Å². The summed E-state index contributed by atoms with van der Waals surface area (Å²) in [4.78, 5) is 31.3. The van der Waals surface area contributed by atoms with Crippen molar-refractivity contribution in [3.8, 4) is 5.69 Å². The molecule has 38 heavy (non-hydrogen) atoms. The first-order valence-corrected chi connectivity index (χ1v) is 11.5. The van der Waals surface area contributed by atoms with Crippen molar-refractivity contribution in [1.82, 2.24) is 24.5 Å². The molecule has 5 aromatic rings. The maximum atomic E-state index is 13.8. The first-order chi connectivity index (χ1) is 18.1. The summed E-state index contributed by atoms with van der Waals surface area (Å²) >= 11 is 0. The quantitative estimate of drug-likeness (QED) is 0.351. The zero-order valence-electron chi connectivity index (χ0n) is 20.0. The van der Waals surface area contributed by atoms with Gasteiger partial charge in [-0.1, -0.05) is 36.4 Å². The van der Waals surface area contributed by atoms with Gasteiger partial charge in [-0.3, -0.25) is 14.2 Å². The summed E-state index contributed by atoms with van der Waals surface area (Å²) in [6, 6.07) is 15.9. The maximum absolute atomic E-state index is 13.8. The maximum Gasteiger partial charge on any atom is 0.409 e. The van der Waals surface area contributed by atoms with Gasteiger partial charge in [0.2, 0.25) is 0 Å². The lowest BCUT2D eigenvalue weighted by atomic mass is 10.0. The van der Waals surface area contributed by atoms with E-state index in [0.29, 0.717) is 16.8 Å². The van der Waals surface area contributed by atoms with E-state index in [-0.39, 0.29) is 34.1 Å². The van der Waals surface area contributed by atoms with Crippen LogP contribution in [0.25, 0.3) is 28.2 Å². The number of nitrogen functional groups attached to an aromatic ring is 1. The van der Waals surface area contributed by atoms with Crippen LogP contribution in [-0.2, 0) is 0 Å². The normalized spacial score (nSPS) is 12.8. The number of nitrogens with one attached hydrogen (secondary N) is 1. The number of aromatic nitrogens is 4. The van der Waals surface area contributed by atoms with Crippen LogP contribution in [0, 0.1) is 0 Å². The number of allylic oxidation sites excluding steroid dienone is 1. The third-order valence-corrected chi connectivity index (χ3v) is 6.01. The highest BCUT2D eigenvalue weighted by molar-refractivity contribution is 6.04. The Bertz CT molecular complexity index is 1760. The molecule has 0 aliphatic rings. The standard InChI is InChI=1S/C27H21F3N6O2/c1-16(33-25(37)22-23(31)34-35-14-6-13-32-24(22)35)20-15-18-8-5-7-17(11-12-27(28,29)30)21(18)26(38)36(20)19-9-3-2-4-10-19/h2-16H,1H3,(H2,31,34)(H,33,37)/b12-11+. The van der Waals surface area contributed by atoms with Gasteiger partial charge < -0.3 is 11.1 Å². The monoisotopic (exact) mass is 518 g/mol. The zero-order valence-corrected chi connectivity index (χ0v) is 20.0. The predicted octanol–water partition coefficient (Wildman–Crippen LogP) is 4.68. The van der Waals surface area contributed by atoms with E-state index >= 15 is 0 Å². The lowest BCUT2D eigenvalue weighted by Crippen LogP contribution is -2.32. The van der Waals surface area contributed by atoms with E-state index < -0.39 is 23.7 Å². The van der Waals surface area contributed by atoms with Gasteiger partial charge in [-0.05, 0) is 48.2 Å². The van der Waals surface area contributed by atoms with Crippen molar-refractivity contribution in [1.29, 1.82) is 0 Å². The summed E-state index contributed by atoms with van der Waals surface area (Å²) in [5, 5.41) is 7.52. The minimum atomic E-state index is -4.53. The van der Waals surface area contributed by atoms with E-state index in [4.69, 9.17) is 5.73 Å². The molecule has 3 heterocycles. The van der Waals surface area contributed by atoms with Crippen molar-refractivity contribution in [2.24, 2.45) is 0 Å². The third kappa shape index (κ3) is 4.61. The first kappa shape index (κ1) is 24.8. The number of halogens is 3. The molecule has 3 aromatic heterocycles. The number of hydrogen-bond acceptors (Lipinski definition) is 5. The molecule has 0 aliphatic carbocycles. The number of alkyl halides is 3. The number of para-hydroxylation sites is 1. The van der Waals surface area contributed by atoms with Crippen LogP contribution in [0.1, 0.15) is 34.6 Å². The number of hydrogen-bond donors (Lipinski definition) is 2. The summed E-state index contributed by atoms with van der Waals surface area (Å²) in [7, 11) is 0.